The Morgan fingerprint density at radius 3 is 2.47 bits per heavy atom. The molecule has 0 fully saturated rings. The van der Waals surface area contributed by atoms with Crippen LogP contribution in [0.3, 0.4) is 0 Å². The molecule has 0 heterocycles. The molecule has 0 saturated heterocycles. The molecule has 0 aliphatic heterocycles. The van der Waals surface area contributed by atoms with Crippen molar-refractivity contribution < 1.29 is 8.42 Å². The molecule has 1 aliphatic carbocycles. The fraction of sp³-hybridized carbons (Fsp3) is 0.143. The molecule has 88 valence electrons. The third-order valence-electron chi connectivity index (χ3n) is 2.60. The Labute approximate surface area is 102 Å². The third kappa shape index (κ3) is 2.56. The minimum Gasteiger partial charge on any atom is -0.219 e. The van der Waals surface area contributed by atoms with Crippen LogP contribution in [-0.2, 0) is 9.84 Å². The van der Waals surface area contributed by atoms with Crippen molar-refractivity contribution in [1.29, 1.82) is 0 Å². The summed E-state index contributed by atoms with van der Waals surface area (Å²) in [6.07, 6.45) is 8.95. The first-order chi connectivity index (χ1) is 8.10. The van der Waals surface area contributed by atoms with Crippen molar-refractivity contribution in [3.05, 3.63) is 65.6 Å². The van der Waals surface area contributed by atoms with Crippen molar-refractivity contribution in [2.24, 2.45) is 5.92 Å². The van der Waals surface area contributed by atoms with E-state index in [1.165, 1.54) is 0 Å². The van der Waals surface area contributed by atoms with Crippen LogP contribution in [0.2, 0.25) is 0 Å². The molecule has 2 nitrogen and oxygen atoms in total. The molecule has 0 N–H and O–H groups in total. The Balaban J connectivity index is 2.45. The first-order valence-corrected chi connectivity index (χ1v) is 6.96. The average molecular weight is 246 g/mol. The van der Waals surface area contributed by atoms with Gasteiger partial charge in [-0.25, -0.2) is 8.42 Å². The van der Waals surface area contributed by atoms with Crippen LogP contribution < -0.4 is 0 Å². The zero-order valence-electron chi connectivity index (χ0n) is 9.58. The molecule has 1 aliphatic rings. The van der Waals surface area contributed by atoms with E-state index in [9.17, 15) is 8.42 Å². The molecule has 0 amide bonds. The van der Waals surface area contributed by atoms with Crippen LogP contribution in [0.1, 0.15) is 6.92 Å². The van der Waals surface area contributed by atoms with Gasteiger partial charge in [0.2, 0.25) is 9.84 Å². The molecule has 1 aromatic carbocycles. The summed E-state index contributed by atoms with van der Waals surface area (Å²) in [5, 5.41) is 0. The standard InChI is InChI=1S/C14H14O2S/c1-12-6-5-9-14(11-10-12)17(15,16)13-7-3-2-4-8-13/h2-12H,1H3/t12-/m1/s1. The largest absolute Gasteiger partial charge is 0.219 e. The maximum Gasteiger partial charge on any atom is 0.206 e. The van der Waals surface area contributed by atoms with Crippen molar-refractivity contribution in [3.8, 4) is 0 Å². The number of hydrogen-bond acceptors (Lipinski definition) is 2. The van der Waals surface area contributed by atoms with Crippen LogP contribution in [0.4, 0.5) is 0 Å². The summed E-state index contributed by atoms with van der Waals surface area (Å²) in [7, 11) is -3.39. The van der Waals surface area contributed by atoms with Crippen LogP contribution in [0, 0.1) is 5.92 Å². The Bertz CT molecular complexity index is 578. The minimum absolute atomic E-state index is 0.259. The van der Waals surface area contributed by atoms with Crippen molar-refractivity contribution in [3.63, 3.8) is 0 Å². The molecule has 1 aromatic rings. The smallest absolute Gasteiger partial charge is 0.206 e. The van der Waals surface area contributed by atoms with E-state index in [0.29, 0.717) is 9.80 Å². The molecular weight excluding hydrogens is 232 g/mol. The molecule has 1 atom stereocenters. The molecule has 0 bridgehead atoms. The van der Waals surface area contributed by atoms with E-state index in [1.807, 2.05) is 19.1 Å². The second kappa shape index (κ2) is 4.72. The molecule has 0 spiro atoms. The van der Waals surface area contributed by atoms with E-state index < -0.39 is 9.84 Å². The lowest BCUT2D eigenvalue weighted by Gasteiger charge is -2.04. The molecule has 0 saturated carbocycles. The second-order valence-corrected chi connectivity index (χ2v) is 5.94. The first kappa shape index (κ1) is 11.9. The van der Waals surface area contributed by atoms with Gasteiger partial charge < -0.3 is 0 Å². The zero-order chi connectivity index (χ0) is 12.3. The Morgan fingerprint density at radius 1 is 1.06 bits per heavy atom. The van der Waals surface area contributed by atoms with E-state index >= 15 is 0 Å². The fourth-order valence-corrected chi connectivity index (χ4v) is 2.91. The highest BCUT2D eigenvalue weighted by atomic mass is 32.2. The summed E-state index contributed by atoms with van der Waals surface area (Å²) in [6.45, 7) is 2.01. The van der Waals surface area contributed by atoms with Crippen LogP contribution in [0.25, 0.3) is 0 Å². The molecule has 3 heteroatoms. The van der Waals surface area contributed by atoms with E-state index in [1.54, 1.807) is 48.6 Å². The van der Waals surface area contributed by atoms with Gasteiger partial charge in [-0.1, -0.05) is 43.4 Å². The average Bonchev–Trinajstić information content (AvgIpc) is 2.55. The highest BCUT2D eigenvalue weighted by Gasteiger charge is 2.18. The van der Waals surface area contributed by atoms with Crippen LogP contribution in [-0.4, -0.2) is 8.42 Å². The van der Waals surface area contributed by atoms with E-state index in [-0.39, 0.29) is 5.92 Å². The van der Waals surface area contributed by atoms with E-state index in [0.717, 1.165) is 0 Å². The van der Waals surface area contributed by atoms with Gasteiger partial charge in [-0.2, -0.15) is 0 Å². The number of hydrogen-bond donors (Lipinski definition) is 0. The van der Waals surface area contributed by atoms with Crippen molar-refractivity contribution in [2.45, 2.75) is 11.8 Å². The lowest BCUT2D eigenvalue weighted by atomic mass is 10.2. The third-order valence-corrected chi connectivity index (χ3v) is 4.39. The second-order valence-electron chi connectivity index (χ2n) is 3.99. The molecule has 0 unspecified atom stereocenters. The monoisotopic (exact) mass is 246 g/mol. The summed E-state index contributed by atoms with van der Waals surface area (Å²) in [5.41, 5.74) is 0. The number of sulfone groups is 1. The van der Waals surface area contributed by atoms with Crippen molar-refractivity contribution >= 4 is 9.84 Å². The van der Waals surface area contributed by atoms with Crippen molar-refractivity contribution in [1.82, 2.24) is 0 Å². The zero-order valence-corrected chi connectivity index (χ0v) is 10.4. The van der Waals surface area contributed by atoms with Crippen molar-refractivity contribution in [2.75, 3.05) is 0 Å². The maximum absolute atomic E-state index is 12.3. The number of benzene rings is 1. The van der Waals surface area contributed by atoms with Gasteiger partial charge in [0.1, 0.15) is 0 Å². The summed E-state index contributed by atoms with van der Waals surface area (Å²) < 4.78 is 24.6. The quantitative estimate of drug-likeness (QED) is 0.803. The number of allylic oxidation sites excluding steroid dienone is 5. The highest BCUT2D eigenvalue weighted by Crippen LogP contribution is 2.22. The molecular formula is C14H14O2S. The van der Waals surface area contributed by atoms with Gasteiger partial charge in [-0.05, 0) is 30.2 Å². The lowest BCUT2D eigenvalue weighted by Crippen LogP contribution is -2.02. The van der Waals surface area contributed by atoms with E-state index in [4.69, 9.17) is 0 Å². The maximum atomic E-state index is 12.3. The molecule has 2 rings (SSSR count). The first-order valence-electron chi connectivity index (χ1n) is 5.47. The van der Waals surface area contributed by atoms with Gasteiger partial charge >= 0.3 is 0 Å². The van der Waals surface area contributed by atoms with Gasteiger partial charge in [0.05, 0.1) is 9.80 Å². The number of rotatable bonds is 2. The highest BCUT2D eigenvalue weighted by molar-refractivity contribution is 7.95. The Hall–Kier alpha value is -1.61. The van der Waals surface area contributed by atoms with Crippen LogP contribution >= 0.6 is 0 Å². The van der Waals surface area contributed by atoms with Gasteiger partial charge in [0.15, 0.2) is 0 Å². The predicted octanol–water partition coefficient (Wildman–Crippen LogP) is 3.11. The summed E-state index contributed by atoms with van der Waals surface area (Å²) in [5.74, 6) is 0.259. The molecule has 17 heavy (non-hydrogen) atoms. The topological polar surface area (TPSA) is 34.1 Å². The normalized spacial score (nSPS) is 19.8. The van der Waals surface area contributed by atoms with Gasteiger partial charge in [-0.15, -0.1) is 0 Å². The Kier molecular flexibility index (Phi) is 3.29. The van der Waals surface area contributed by atoms with Crippen LogP contribution in [0.5, 0.6) is 0 Å². The van der Waals surface area contributed by atoms with Gasteiger partial charge in [-0.3, -0.25) is 0 Å². The summed E-state index contributed by atoms with van der Waals surface area (Å²) in [6, 6.07) is 8.49. The van der Waals surface area contributed by atoms with Gasteiger partial charge in [0.25, 0.3) is 0 Å². The van der Waals surface area contributed by atoms with Gasteiger partial charge in [0, 0.05) is 0 Å². The van der Waals surface area contributed by atoms with E-state index in [2.05, 4.69) is 0 Å². The lowest BCUT2D eigenvalue weighted by molar-refractivity contribution is 0.603. The summed E-state index contributed by atoms with van der Waals surface area (Å²) >= 11 is 0. The SMILES string of the molecule is C[C@@H]1C=CC=C(S(=O)(=O)c2ccccc2)C=C1. The molecule has 0 aromatic heterocycles. The molecule has 0 radical (unpaired) electrons. The van der Waals surface area contributed by atoms with Crippen LogP contribution in [0.15, 0.2) is 70.5 Å². The fourth-order valence-electron chi connectivity index (χ4n) is 1.61. The minimum atomic E-state index is -3.39. The predicted molar refractivity (Wildman–Crippen MR) is 69.2 cm³/mol. The summed E-state index contributed by atoms with van der Waals surface area (Å²) in [4.78, 5) is 0.670. The Morgan fingerprint density at radius 2 is 1.76 bits per heavy atom.